The predicted molar refractivity (Wildman–Crippen MR) is 74.3 cm³/mol. The predicted octanol–water partition coefficient (Wildman–Crippen LogP) is 2.87. The van der Waals surface area contributed by atoms with Crippen LogP contribution in [0.3, 0.4) is 0 Å². The molecular weight excluding hydrogens is 226 g/mol. The number of carbonyl (C=O) groups excluding carboxylic acids is 1. The van der Waals surface area contributed by atoms with Crippen LogP contribution in [0.1, 0.15) is 65.2 Å². The van der Waals surface area contributed by atoms with Gasteiger partial charge in [0.2, 0.25) is 5.91 Å². The van der Waals surface area contributed by atoms with Crippen LogP contribution >= 0.6 is 0 Å². The van der Waals surface area contributed by atoms with Gasteiger partial charge in [-0.1, -0.05) is 46.0 Å². The van der Waals surface area contributed by atoms with Gasteiger partial charge < -0.3 is 10.4 Å². The lowest BCUT2D eigenvalue weighted by Crippen LogP contribution is -2.36. The summed E-state index contributed by atoms with van der Waals surface area (Å²) in [5, 5.41) is 12.8. The number of carbonyl (C=O) groups is 1. The van der Waals surface area contributed by atoms with E-state index in [1.165, 1.54) is 32.1 Å². The average Bonchev–Trinajstić information content (AvgIpc) is 2.39. The van der Waals surface area contributed by atoms with Gasteiger partial charge in [-0.2, -0.15) is 0 Å². The average molecular weight is 255 g/mol. The number of rotatable bonds is 7. The summed E-state index contributed by atoms with van der Waals surface area (Å²) in [5.41, 5.74) is 0. The van der Waals surface area contributed by atoms with Crippen LogP contribution < -0.4 is 5.32 Å². The van der Waals surface area contributed by atoms with Crippen molar-refractivity contribution in [3.05, 3.63) is 0 Å². The Bertz CT molecular complexity index is 233. The fourth-order valence-electron chi connectivity index (χ4n) is 2.94. The highest BCUT2D eigenvalue weighted by molar-refractivity contribution is 5.76. The fourth-order valence-corrected chi connectivity index (χ4v) is 2.94. The van der Waals surface area contributed by atoms with Crippen LogP contribution in [0.25, 0.3) is 0 Å². The second-order valence-corrected chi connectivity index (χ2v) is 5.66. The molecule has 0 aromatic heterocycles. The zero-order valence-corrected chi connectivity index (χ0v) is 12.0. The summed E-state index contributed by atoms with van der Waals surface area (Å²) >= 11 is 0. The smallest absolute Gasteiger partial charge is 0.220 e. The normalized spacial score (nSPS) is 18.9. The molecule has 1 unspecified atom stereocenters. The van der Waals surface area contributed by atoms with Crippen molar-refractivity contribution in [1.82, 2.24) is 5.32 Å². The van der Waals surface area contributed by atoms with Gasteiger partial charge in [-0.15, -0.1) is 0 Å². The van der Waals surface area contributed by atoms with E-state index in [1.54, 1.807) is 0 Å². The van der Waals surface area contributed by atoms with E-state index >= 15 is 0 Å². The Balaban J connectivity index is 2.19. The number of amides is 1. The van der Waals surface area contributed by atoms with Crippen molar-refractivity contribution in [2.75, 3.05) is 6.54 Å². The number of aliphatic hydroxyl groups excluding tert-OH is 1. The van der Waals surface area contributed by atoms with E-state index in [0.29, 0.717) is 24.8 Å². The molecule has 0 aromatic carbocycles. The quantitative estimate of drug-likeness (QED) is 0.735. The first kappa shape index (κ1) is 15.5. The number of aliphatic hydroxyl groups is 1. The molecular formula is C15H29NO2. The van der Waals surface area contributed by atoms with Gasteiger partial charge in [0.05, 0.1) is 6.10 Å². The van der Waals surface area contributed by atoms with Crippen molar-refractivity contribution in [1.29, 1.82) is 0 Å². The summed E-state index contributed by atoms with van der Waals surface area (Å²) in [6, 6.07) is 0. The molecule has 0 radical (unpaired) electrons. The summed E-state index contributed by atoms with van der Waals surface area (Å²) in [7, 11) is 0. The minimum absolute atomic E-state index is 0.118. The zero-order valence-electron chi connectivity index (χ0n) is 12.0. The van der Waals surface area contributed by atoms with Gasteiger partial charge in [-0.25, -0.2) is 0 Å². The molecule has 1 rings (SSSR count). The molecule has 0 spiro atoms. The molecule has 1 aliphatic rings. The summed E-state index contributed by atoms with van der Waals surface area (Å²) in [6.07, 6.45) is 8.46. The molecule has 106 valence electrons. The summed E-state index contributed by atoms with van der Waals surface area (Å²) in [5.74, 6) is 0.996. The SMILES string of the molecule is CCC(CC)C(O)CNC(=O)CC1CCCCC1. The van der Waals surface area contributed by atoms with Crippen molar-refractivity contribution in [2.24, 2.45) is 11.8 Å². The molecule has 0 aliphatic heterocycles. The van der Waals surface area contributed by atoms with Gasteiger partial charge in [-0.3, -0.25) is 4.79 Å². The fraction of sp³-hybridized carbons (Fsp3) is 0.933. The van der Waals surface area contributed by atoms with Gasteiger partial charge >= 0.3 is 0 Å². The van der Waals surface area contributed by atoms with Crippen molar-refractivity contribution >= 4 is 5.91 Å². The van der Waals surface area contributed by atoms with Crippen LogP contribution in [0.5, 0.6) is 0 Å². The molecule has 0 aromatic rings. The van der Waals surface area contributed by atoms with E-state index < -0.39 is 6.10 Å². The Labute approximate surface area is 111 Å². The van der Waals surface area contributed by atoms with Gasteiger partial charge in [-0.05, 0) is 24.7 Å². The highest BCUT2D eigenvalue weighted by Crippen LogP contribution is 2.26. The first-order chi connectivity index (χ1) is 8.67. The number of hydrogen-bond acceptors (Lipinski definition) is 2. The van der Waals surface area contributed by atoms with Gasteiger partial charge in [0.1, 0.15) is 0 Å². The zero-order chi connectivity index (χ0) is 13.4. The van der Waals surface area contributed by atoms with Crippen molar-refractivity contribution in [2.45, 2.75) is 71.3 Å². The third-order valence-corrected chi connectivity index (χ3v) is 4.30. The van der Waals surface area contributed by atoms with Crippen LogP contribution in [-0.4, -0.2) is 23.7 Å². The molecule has 3 heteroatoms. The van der Waals surface area contributed by atoms with Crippen LogP contribution in [0.15, 0.2) is 0 Å². The standard InChI is InChI=1S/C15H29NO2/c1-3-13(4-2)14(17)11-16-15(18)10-12-8-6-5-7-9-12/h12-14,17H,3-11H2,1-2H3,(H,16,18). The van der Waals surface area contributed by atoms with Crippen LogP contribution in [-0.2, 0) is 4.79 Å². The lowest BCUT2D eigenvalue weighted by atomic mass is 9.87. The maximum Gasteiger partial charge on any atom is 0.220 e. The Morgan fingerprint density at radius 1 is 1.22 bits per heavy atom. The highest BCUT2D eigenvalue weighted by atomic mass is 16.3. The van der Waals surface area contributed by atoms with E-state index in [-0.39, 0.29) is 5.91 Å². The molecule has 1 aliphatic carbocycles. The molecule has 0 heterocycles. The molecule has 1 saturated carbocycles. The van der Waals surface area contributed by atoms with Crippen LogP contribution in [0.2, 0.25) is 0 Å². The molecule has 0 saturated heterocycles. The van der Waals surface area contributed by atoms with E-state index in [9.17, 15) is 9.90 Å². The maximum atomic E-state index is 11.8. The Hall–Kier alpha value is -0.570. The molecule has 1 atom stereocenters. The summed E-state index contributed by atoms with van der Waals surface area (Å²) in [4.78, 5) is 11.8. The molecule has 3 nitrogen and oxygen atoms in total. The molecule has 1 amide bonds. The molecule has 0 bridgehead atoms. The largest absolute Gasteiger partial charge is 0.391 e. The minimum atomic E-state index is -0.393. The second kappa shape index (κ2) is 8.52. The number of nitrogens with one attached hydrogen (secondary N) is 1. The molecule has 1 fully saturated rings. The van der Waals surface area contributed by atoms with Crippen molar-refractivity contribution in [3.63, 3.8) is 0 Å². The van der Waals surface area contributed by atoms with Crippen molar-refractivity contribution < 1.29 is 9.90 Å². The van der Waals surface area contributed by atoms with Gasteiger partial charge in [0.15, 0.2) is 0 Å². The van der Waals surface area contributed by atoms with E-state index in [4.69, 9.17) is 0 Å². The highest BCUT2D eigenvalue weighted by Gasteiger charge is 2.19. The Morgan fingerprint density at radius 2 is 1.83 bits per heavy atom. The monoisotopic (exact) mass is 255 g/mol. The van der Waals surface area contributed by atoms with Gasteiger partial charge in [0, 0.05) is 13.0 Å². The lowest BCUT2D eigenvalue weighted by molar-refractivity contribution is -0.122. The Morgan fingerprint density at radius 3 is 2.39 bits per heavy atom. The first-order valence-corrected chi connectivity index (χ1v) is 7.62. The lowest BCUT2D eigenvalue weighted by Gasteiger charge is -2.23. The van der Waals surface area contributed by atoms with Gasteiger partial charge in [0.25, 0.3) is 0 Å². The third-order valence-electron chi connectivity index (χ3n) is 4.30. The maximum absolute atomic E-state index is 11.8. The van der Waals surface area contributed by atoms with E-state index in [1.807, 2.05) is 0 Å². The first-order valence-electron chi connectivity index (χ1n) is 7.62. The summed E-state index contributed by atoms with van der Waals surface area (Å²) < 4.78 is 0. The van der Waals surface area contributed by atoms with E-state index in [0.717, 1.165) is 12.8 Å². The topological polar surface area (TPSA) is 49.3 Å². The molecule has 18 heavy (non-hydrogen) atoms. The third kappa shape index (κ3) is 5.38. The molecule has 2 N–H and O–H groups in total. The Kier molecular flexibility index (Phi) is 7.33. The van der Waals surface area contributed by atoms with Crippen molar-refractivity contribution in [3.8, 4) is 0 Å². The second-order valence-electron chi connectivity index (χ2n) is 5.66. The van der Waals surface area contributed by atoms with Crippen LogP contribution in [0.4, 0.5) is 0 Å². The summed E-state index contributed by atoms with van der Waals surface area (Å²) in [6.45, 7) is 4.58. The van der Waals surface area contributed by atoms with E-state index in [2.05, 4.69) is 19.2 Å². The number of hydrogen-bond donors (Lipinski definition) is 2. The minimum Gasteiger partial charge on any atom is -0.391 e. The van der Waals surface area contributed by atoms with Crippen LogP contribution in [0, 0.1) is 11.8 Å².